The molecule has 1 aliphatic heterocycles. The zero-order valence-electron chi connectivity index (χ0n) is 48.7. The summed E-state index contributed by atoms with van der Waals surface area (Å²) in [7, 11) is -11.4. The van der Waals surface area contributed by atoms with Gasteiger partial charge in [-0.15, -0.1) is 5.73 Å². The van der Waals surface area contributed by atoms with Crippen LogP contribution in [0.25, 0.3) is 0 Å². The van der Waals surface area contributed by atoms with Crippen LogP contribution in [0.15, 0.2) is 304 Å². The predicted molar refractivity (Wildman–Crippen MR) is 362 cm³/mol. The molecule has 1 heterocycles. The SMILES string of the molecule is C=C=CC(=O)OCC.CCOC(=O)C1=CCN(S(=O)(=O)c2ccccc2)C1c1ccccc1Cl.NS(=O)(=O)c1ccccc1.O=Cc1ccccc1Cl.O=S(=O)(N=Cc1ccccc1Cl)c1ccccc1.c1ccc(P(c2ccccc2)c2ccccc2)cc1. The summed E-state index contributed by atoms with van der Waals surface area (Å²) in [6, 6.07) is 76.3. The molecule has 1 unspecified atom stereocenters. The molecular formula is C69H63Cl3N3O11PS3. The van der Waals surface area contributed by atoms with Crippen LogP contribution >= 0.6 is 42.7 Å². The molecule has 9 aromatic rings. The Kier molecular flexibility index (Phi) is 30.2. The lowest BCUT2D eigenvalue weighted by Gasteiger charge is -2.27. The molecule has 0 bridgehead atoms. The van der Waals surface area contributed by atoms with Crippen molar-refractivity contribution in [3.63, 3.8) is 0 Å². The van der Waals surface area contributed by atoms with Gasteiger partial charge in [-0.05, 0) is 97.8 Å². The lowest BCUT2D eigenvalue weighted by atomic mass is 10.0. The summed E-state index contributed by atoms with van der Waals surface area (Å²) in [5, 5.41) is 10.4. The normalized spacial score (nSPS) is 12.5. The molecule has 0 fully saturated rings. The van der Waals surface area contributed by atoms with E-state index in [2.05, 4.69) is 112 Å². The molecule has 464 valence electrons. The van der Waals surface area contributed by atoms with Gasteiger partial charge in [-0.2, -0.15) is 17.1 Å². The van der Waals surface area contributed by atoms with Crippen molar-refractivity contribution in [2.24, 2.45) is 9.54 Å². The lowest BCUT2D eigenvalue weighted by molar-refractivity contribution is -0.139. The van der Waals surface area contributed by atoms with Crippen molar-refractivity contribution in [2.75, 3.05) is 19.8 Å². The maximum Gasteiger partial charge on any atom is 0.338 e. The third-order valence-corrected chi connectivity index (χ3v) is 19.6. The van der Waals surface area contributed by atoms with E-state index in [1.54, 1.807) is 147 Å². The summed E-state index contributed by atoms with van der Waals surface area (Å²) >= 11 is 17.8. The van der Waals surface area contributed by atoms with E-state index >= 15 is 0 Å². The molecule has 0 aliphatic carbocycles. The van der Waals surface area contributed by atoms with Gasteiger partial charge < -0.3 is 9.47 Å². The smallest absolute Gasteiger partial charge is 0.338 e. The Morgan fingerprint density at radius 2 is 0.944 bits per heavy atom. The highest BCUT2D eigenvalue weighted by Gasteiger charge is 2.41. The predicted octanol–water partition coefficient (Wildman–Crippen LogP) is 13.5. The van der Waals surface area contributed by atoms with E-state index in [0.29, 0.717) is 38.4 Å². The quantitative estimate of drug-likeness (QED) is 0.0254. The number of halogens is 3. The fourth-order valence-corrected chi connectivity index (χ4v) is 13.8. The molecule has 0 amide bonds. The number of nitrogens with two attached hydrogens (primary N) is 1. The highest BCUT2D eigenvalue weighted by molar-refractivity contribution is 7.90. The second-order valence-corrected chi connectivity index (χ2v) is 26.7. The molecule has 14 nitrogen and oxygen atoms in total. The number of primary sulfonamides is 1. The Labute approximate surface area is 543 Å². The number of hydrogen-bond donors (Lipinski definition) is 1. The summed E-state index contributed by atoms with van der Waals surface area (Å²) in [5.41, 5.74) is 4.24. The number of sulfonamides is 3. The number of carbonyl (C=O) groups excluding carboxylic acids is 3. The minimum absolute atomic E-state index is 0.0707. The van der Waals surface area contributed by atoms with Crippen LogP contribution in [0.2, 0.25) is 15.1 Å². The average Bonchev–Trinajstić information content (AvgIpc) is 1.57. The van der Waals surface area contributed by atoms with Gasteiger partial charge >= 0.3 is 11.9 Å². The molecule has 1 aliphatic rings. The molecule has 0 radical (unpaired) electrons. The Morgan fingerprint density at radius 1 is 0.556 bits per heavy atom. The van der Waals surface area contributed by atoms with Crippen LogP contribution in [0.5, 0.6) is 0 Å². The van der Waals surface area contributed by atoms with Gasteiger partial charge in [0.05, 0.1) is 50.6 Å². The van der Waals surface area contributed by atoms with Gasteiger partial charge in [0.1, 0.15) is 0 Å². The number of nitrogens with zero attached hydrogens (tertiary/aromatic N) is 2. The fraction of sp³-hybridized carbons (Fsp3) is 0.0870. The van der Waals surface area contributed by atoms with E-state index in [-0.39, 0.29) is 39.4 Å². The summed E-state index contributed by atoms with van der Waals surface area (Å²) in [6.45, 7) is 7.33. The largest absolute Gasteiger partial charge is 0.463 e. The molecule has 90 heavy (non-hydrogen) atoms. The molecule has 9 aromatic carbocycles. The minimum Gasteiger partial charge on any atom is -0.463 e. The van der Waals surface area contributed by atoms with E-state index in [9.17, 15) is 39.6 Å². The zero-order valence-corrected chi connectivity index (χ0v) is 54.3. The van der Waals surface area contributed by atoms with Crippen molar-refractivity contribution in [1.29, 1.82) is 0 Å². The van der Waals surface area contributed by atoms with Crippen LogP contribution in [-0.4, -0.2) is 73.8 Å². The Morgan fingerprint density at radius 3 is 1.33 bits per heavy atom. The van der Waals surface area contributed by atoms with Crippen LogP contribution < -0.4 is 21.1 Å². The average molecular weight is 1340 g/mol. The van der Waals surface area contributed by atoms with E-state index in [1.165, 1.54) is 62.8 Å². The van der Waals surface area contributed by atoms with Gasteiger partial charge in [0.25, 0.3) is 10.0 Å². The molecule has 21 heteroatoms. The number of rotatable bonds is 15. The van der Waals surface area contributed by atoms with Gasteiger partial charge in [0.2, 0.25) is 20.0 Å². The summed E-state index contributed by atoms with van der Waals surface area (Å²) in [6.07, 6.45) is 4.74. The second kappa shape index (κ2) is 37.6. The van der Waals surface area contributed by atoms with Gasteiger partial charge in [-0.25, -0.2) is 31.6 Å². The van der Waals surface area contributed by atoms with Crippen LogP contribution in [0, 0.1) is 0 Å². The third kappa shape index (κ3) is 22.9. The van der Waals surface area contributed by atoms with Crippen LogP contribution in [0.1, 0.15) is 41.4 Å². The van der Waals surface area contributed by atoms with Crippen molar-refractivity contribution in [3.8, 4) is 0 Å². The van der Waals surface area contributed by atoms with Gasteiger partial charge in [-0.3, -0.25) is 4.79 Å². The number of hydrogen-bond acceptors (Lipinski definition) is 11. The van der Waals surface area contributed by atoms with E-state index < -0.39 is 50.0 Å². The summed E-state index contributed by atoms with van der Waals surface area (Å²) < 4.78 is 85.8. The lowest BCUT2D eigenvalue weighted by Crippen LogP contribution is -2.33. The highest BCUT2D eigenvalue weighted by atomic mass is 35.5. The topological polar surface area (TPSA) is 214 Å². The first-order chi connectivity index (χ1) is 43.3. The van der Waals surface area contributed by atoms with Crippen LogP contribution in [0.4, 0.5) is 0 Å². The summed E-state index contributed by atoms with van der Waals surface area (Å²) in [4.78, 5) is 33.3. The molecule has 0 saturated heterocycles. The molecular weight excluding hydrogens is 1280 g/mol. The Balaban J connectivity index is 0.000000207. The molecule has 1 atom stereocenters. The minimum atomic E-state index is -3.82. The monoisotopic (exact) mass is 1340 g/mol. The fourth-order valence-electron chi connectivity index (χ4n) is 7.94. The van der Waals surface area contributed by atoms with Crippen LogP contribution in [-0.2, 0) is 49.1 Å². The number of ether oxygens (including phenoxy) is 2. The first kappa shape index (κ1) is 72.3. The number of carbonyl (C=O) groups is 3. The van der Waals surface area contributed by atoms with Crippen molar-refractivity contribution < 1.29 is 49.1 Å². The van der Waals surface area contributed by atoms with E-state index in [1.807, 2.05) is 0 Å². The standard InChI is InChI=1S/C19H18ClNO4S.C18H15P.C13H10ClNO2S.C7H5ClO.C6H7NO2S.C6H8O2/c1-2-25-19(22)16-12-13-21(18(16)15-10-6-7-11-17(15)20)26(23,24)14-8-4-3-5-9-14;1-4-10-16(11-5-1)19(17-12-6-2-7-13-17)18-14-8-3-9-15-18;14-13-9-5-4-6-11(13)10-15-18(16,17)12-7-2-1-3-8-12;8-7-4-2-1-3-6(7)5-9;7-10(8,9)6-4-2-1-3-5-6;1-3-5-6(7)8-4-2/h3-12,18H,2,13H2,1H3;1-15H;1-10H;1-5H;1-5H,(H2,7,8,9);5H,1,4H2,2H3. The van der Waals surface area contributed by atoms with E-state index in [0.717, 1.165) is 12.4 Å². The number of benzene rings is 9. The molecule has 0 saturated carbocycles. The van der Waals surface area contributed by atoms with Gasteiger partial charge in [0, 0.05) is 33.9 Å². The number of esters is 2. The Hall–Kier alpha value is -8.41. The first-order valence-electron chi connectivity index (χ1n) is 27.3. The van der Waals surface area contributed by atoms with Gasteiger partial charge in [-0.1, -0.05) is 248 Å². The molecule has 0 aromatic heterocycles. The Bertz CT molecular complexity index is 4100. The van der Waals surface area contributed by atoms with Crippen molar-refractivity contribution in [2.45, 2.75) is 34.6 Å². The summed E-state index contributed by atoms with van der Waals surface area (Å²) in [5.74, 6) is -0.925. The number of aldehydes is 1. The third-order valence-electron chi connectivity index (χ3n) is 12.1. The van der Waals surface area contributed by atoms with Crippen molar-refractivity contribution in [3.05, 3.63) is 317 Å². The first-order valence-corrected chi connectivity index (χ1v) is 34.2. The van der Waals surface area contributed by atoms with Gasteiger partial charge in [0.15, 0.2) is 6.29 Å². The second-order valence-electron chi connectivity index (χ2n) is 18.2. The van der Waals surface area contributed by atoms with E-state index in [4.69, 9.17) is 44.7 Å². The molecule has 2 N–H and O–H groups in total. The van der Waals surface area contributed by atoms with Crippen molar-refractivity contribution >= 4 is 113 Å². The molecule has 0 spiro atoms. The van der Waals surface area contributed by atoms with Crippen LogP contribution in [0.3, 0.4) is 0 Å². The highest BCUT2D eigenvalue weighted by Crippen LogP contribution is 2.41. The maximum absolute atomic E-state index is 13.2. The zero-order chi connectivity index (χ0) is 65.4. The molecule has 10 rings (SSSR count). The maximum atomic E-state index is 13.2. The van der Waals surface area contributed by atoms with Crippen molar-refractivity contribution in [1.82, 2.24) is 4.31 Å².